The quantitative estimate of drug-likeness (QED) is 0.593. The summed E-state index contributed by atoms with van der Waals surface area (Å²) in [6.45, 7) is 4.12. The van der Waals surface area contributed by atoms with Crippen LogP contribution in [-0.4, -0.2) is 24.7 Å². The Balaban J connectivity index is 2.08. The number of phenolic OH excluding ortho intramolecular Hbond substituents is 1. The molecule has 3 heterocycles. The van der Waals surface area contributed by atoms with Crippen LogP contribution in [-0.2, 0) is 0 Å². The van der Waals surface area contributed by atoms with Crippen molar-refractivity contribution in [3.63, 3.8) is 0 Å². The second-order valence-corrected chi connectivity index (χ2v) is 6.55. The summed E-state index contributed by atoms with van der Waals surface area (Å²) in [5.41, 5.74) is 1.63. The molecule has 4 aromatic rings. The highest BCUT2D eigenvalue weighted by molar-refractivity contribution is 7.16. The maximum absolute atomic E-state index is 13.0. The normalized spacial score (nSPS) is 11.8. The van der Waals surface area contributed by atoms with Crippen LogP contribution in [0.25, 0.3) is 27.4 Å². The van der Waals surface area contributed by atoms with E-state index in [0.717, 1.165) is 16.0 Å². The third-order valence-electron chi connectivity index (χ3n) is 3.86. The predicted octanol–water partition coefficient (Wildman–Crippen LogP) is 3.13. The van der Waals surface area contributed by atoms with Gasteiger partial charge in [-0.1, -0.05) is 13.8 Å². The number of H-pyrrole nitrogens is 1. The molecule has 0 spiro atoms. The van der Waals surface area contributed by atoms with Gasteiger partial charge in [-0.3, -0.25) is 4.79 Å². The highest BCUT2D eigenvalue weighted by atomic mass is 32.1. The first-order valence-electron chi connectivity index (χ1n) is 7.24. The molecule has 0 unspecified atom stereocenters. The summed E-state index contributed by atoms with van der Waals surface area (Å²) in [7, 11) is 0. The molecule has 116 valence electrons. The molecule has 3 aromatic heterocycles. The lowest BCUT2D eigenvalue weighted by molar-refractivity contribution is 0.475. The van der Waals surface area contributed by atoms with E-state index in [-0.39, 0.29) is 17.2 Å². The van der Waals surface area contributed by atoms with Crippen molar-refractivity contribution in [2.75, 3.05) is 0 Å². The Kier molecular flexibility index (Phi) is 2.99. The summed E-state index contributed by atoms with van der Waals surface area (Å²) < 4.78 is 1.49. The van der Waals surface area contributed by atoms with Gasteiger partial charge in [0.25, 0.3) is 5.56 Å². The maximum atomic E-state index is 13.0. The molecule has 0 saturated heterocycles. The Morgan fingerprint density at radius 1 is 1.26 bits per heavy atom. The molecular formula is C16H14N4O2S. The second kappa shape index (κ2) is 4.92. The predicted molar refractivity (Wildman–Crippen MR) is 90.2 cm³/mol. The Labute approximate surface area is 135 Å². The van der Waals surface area contributed by atoms with E-state index in [0.29, 0.717) is 17.0 Å². The van der Waals surface area contributed by atoms with Gasteiger partial charge in [-0.05, 0) is 41.1 Å². The third kappa shape index (κ3) is 2.04. The van der Waals surface area contributed by atoms with Crippen molar-refractivity contribution >= 4 is 27.3 Å². The van der Waals surface area contributed by atoms with E-state index in [4.69, 9.17) is 0 Å². The summed E-state index contributed by atoms with van der Waals surface area (Å²) in [5.74, 6) is 1.32. The van der Waals surface area contributed by atoms with Gasteiger partial charge in [0.05, 0.1) is 5.39 Å². The van der Waals surface area contributed by atoms with Crippen LogP contribution in [0, 0.1) is 0 Å². The van der Waals surface area contributed by atoms with Gasteiger partial charge in [-0.25, -0.2) is 14.5 Å². The van der Waals surface area contributed by atoms with Gasteiger partial charge in [-0.2, -0.15) is 5.10 Å². The topological polar surface area (TPSA) is 83.3 Å². The smallest absolute Gasteiger partial charge is 0.269 e. The van der Waals surface area contributed by atoms with E-state index in [1.54, 1.807) is 24.3 Å². The van der Waals surface area contributed by atoms with Crippen molar-refractivity contribution in [3.8, 4) is 17.1 Å². The number of phenols is 1. The number of aromatic nitrogens is 4. The van der Waals surface area contributed by atoms with Crippen LogP contribution < -0.4 is 5.56 Å². The fraction of sp³-hybridized carbons (Fsp3) is 0.188. The minimum atomic E-state index is -0.119. The molecule has 0 radical (unpaired) electrons. The molecule has 0 aliphatic heterocycles. The van der Waals surface area contributed by atoms with E-state index in [1.165, 1.54) is 15.7 Å². The van der Waals surface area contributed by atoms with Crippen LogP contribution in [0.3, 0.4) is 0 Å². The van der Waals surface area contributed by atoms with Gasteiger partial charge in [0, 0.05) is 5.56 Å². The summed E-state index contributed by atoms with van der Waals surface area (Å²) in [6.07, 6.45) is 0. The lowest BCUT2D eigenvalue weighted by Gasteiger charge is -2.03. The maximum Gasteiger partial charge on any atom is 0.269 e. The molecule has 7 heteroatoms. The Hall–Kier alpha value is -2.67. The zero-order chi connectivity index (χ0) is 16.1. The van der Waals surface area contributed by atoms with Gasteiger partial charge in [0.1, 0.15) is 10.6 Å². The minimum absolute atomic E-state index is 0.119. The molecule has 0 aliphatic rings. The molecule has 23 heavy (non-hydrogen) atoms. The average Bonchev–Trinajstić information content (AvgIpc) is 3.13. The first kappa shape index (κ1) is 14.0. The van der Waals surface area contributed by atoms with Crippen LogP contribution in [0.4, 0.5) is 0 Å². The zero-order valence-electron chi connectivity index (χ0n) is 12.6. The molecule has 0 fully saturated rings. The Morgan fingerprint density at radius 2 is 2.00 bits per heavy atom. The lowest BCUT2D eigenvalue weighted by atomic mass is 10.0. The Morgan fingerprint density at radius 3 is 2.70 bits per heavy atom. The number of hydrogen-bond donors (Lipinski definition) is 2. The van der Waals surface area contributed by atoms with Gasteiger partial charge < -0.3 is 5.11 Å². The largest absolute Gasteiger partial charge is 0.508 e. The van der Waals surface area contributed by atoms with E-state index < -0.39 is 0 Å². The first-order valence-corrected chi connectivity index (χ1v) is 8.12. The average molecular weight is 326 g/mol. The highest BCUT2D eigenvalue weighted by Crippen LogP contribution is 2.28. The number of aromatic amines is 1. The van der Waals surface area contributed by atoms with Crippen molar-refractivity contribution in [2.45, 2.75) is 19.8 Å². The molecule has 4 rings (SSSR count). The highest BCUT2D eigenvalue weighted by Gasteiger charge is 2.18. The van der Waals surface area contributed by atoms with Crippen molar-refractivity contribution in [1.29, 1.82) is 0 Å². The summed E-state index contributed by atoms with van der Waals surface area (Å²) in [6, 6.07) is 6.57. The van der Waals surface area contributed by atoms with Gasteiger partial charge in [-0.15, -0.1) is 11.3 Å². The van der Waals surface area contributed by atoms with Crippen LogP contribution in [0.15, 0.2) is 34.4 Å². The molecule has 0 saturated carbocycles. The molecule has 0 aliphatic carbocycles. The number of nitrogens with one attached hydrogen (secondary N) is 1. The van der Waals surface area contributed by atoms with Crippen LogP contribution in [0.5, 0.6) is 5.75 Å². The fourth-order valence-corrected chi connectivity index (χ4v) is 3.76. The van der Waals surface area contributed by atoms with Crippen molar-refractivity contribution < 1.29 is 5.11 Å². The number of rotatable bonds is 2. The monoisotopic (exact) mass is 326 g/mol. The zero-order valence-corrected chi connectivity index (χ0v) is 13.4. The summed E-state index contributed by atoms with van der Waals surface area (Å²) in [5, 5.41) is 19.1. The lowest BCUT2D eigenvalue weighted by Crippen LogP contribution is -2.15. The van der Waals surface area contributed by atoms with E-state index in [1.807, 2.05) is 5.38 Å². The number of nitrogens with zero attached hydrogens (tertiary/aromatic N) is 3. The number of benzene rings is 1. The number of fused-ring (bicyclic) bond motifs is 2. The number of thiophene rings is 1. The fourth-order valence-electron chi connectivity index (χ4n) is 2.67. The first-order chi connectivity index (χ1) is 11.1. The van der Waals surface area contributed by atoms with E-state index in [9.17, 15) is 9.90 Å². The Bertz CT molecular complexity index is 1070. The molecule has 1 aromatic carbocycles. The van der Waals surface area contributed by atoms with Crippen LogP contribution in [0.1, 0.15) is 25.3 Å². The second-order valence-electron chi connectivity index (χ2n) is 5.70. The van der Waals surface area contributed by atoms with Crippen molar-refractivity contribution in [2.24, 2.45) is 0 Å². The molecule has 2 N–H and O–H groups in total. The van der Waals surface area contributed by atoms with E-state index in [2.05, 4.69) is 29.0 Å². The van der Waals surface area contributed by atoms with Crippen molar-refractivity contribution in [3.05, 3.63) is 45.6 Å². The van der Waals surface area contributed by atoms with Gasteiger partial charge in [0.2, 0.25) is 5.78 Å². The molecule has 0 atom stereocenters. The summed E-state index contributed by atoms with van der Waals surface area (Å²) >= 11 is 1.47. The summed E-state index contributed by atoms with van der Waals surface area (Å²) in [4.78, 5) is 18.3. The molecular weight excluding hydrogens is 312 g/mol. The van der Waals surface area contributed by atoms with Gasteiger partial charge in [0.15, 0.2) is 5.82 Å². The van der Waals surface area contributed by atoms with Crippen molar-refractivity contribution in [1.82, 2.24) is 19.6 Å². The number of aromatic hydroxyl groups is 1. The van der Waals surface area contributed by atoms with Gasteiger partial charge >= 0.3 is 0 Å². The molecule has 6 nitrogen and oxygen atoms in total. The molecule has 0 amide bonds. The minimum Gasteiger partial charge on any atom is -0.508 e. The van der Waals surface area contributed by atoms with Crippen LogP contribution in [0.2, 0.25) is 0 Å². The number of hydrogen-bond acceptors (Lipinski definition) is 5. The molecule has 0 bridgehead atoms. The standard InChI is InChI=1S/C16H14N4O2S/c1-8(2)11-7-23-14-12(11)15(22)20-13(18-19-16(20)17-14)9-3-5-10(21)6-4-9/h3-8,21H,1-2H3,(H,17,19). The van der Waals surface area contributed by atoms with Crippen LogP contribution >= 0.6 is 11.3 Å². The third-order valence-corrected chi connectivity index (χ3v) is 4.75. The van der Waals surface area contributed by atoms with E-state index >= 15 is 0 Å². The SMILES string of the molecule is CC(C)c1csc2nc3[nH]nc(-c4ccc(O)cc4)n3c(=O)c12.